The topological polar surface area (TPSA) is 93.7 Å². The third-order valence-electron chi connectivity index (χ3n) is 7.08. The minimum Gasteiger partial charge on any atom is -0.487 e. The third-order valence-corrected chi connectivity index (χ3v) is 7.08. The number of ether oxygens (including phenoxy) is 2. The van der Waals surface area contributed by atoms with Crippen molar-refractivity contribution in [2.75, 3.05) is 30.8 Å². The number of aryl methyl sites for hydroxylation is 1. The van der Waals surface area contributed by atoms with Gasteiger partial charge in [0, 0.05) is 19.2 Å². The molecule has 0 radical (unpaired) electrons. The summed E-state index contributed by atoms with van der Waals surface area (Å²) in [6.45, 7) is 3.91. The zero-order valence-electron chi connectivity index (χ0n) is 17.7. The molecule has 3 aliphatic rings. The highest BCUT2D eigenvalue weighted by Gasteiger charge is 2.43. The number of nitrogen functional groups attached to an aromatic ring is 1. The number of aromatic nitrogens is 2. The van der Waals surface area contributed by atoms with E-state index >= 15 is 0 Å². The van der Waals surface area contributed by atoms with Gasteiger partial charge in [0.25, 0.3) is 0 Å². The highest BCUT2D eigenvalue weighted by atomic mass is 16.5. The fourth-order valence-corrected chi connectivity index (χ4v) is 5.53. The lowest BCUT2D eigenvalue weighted by atomic mass is 9.78. The molecule has 0 bridgehead atoms. The summed E-state index contributed by atoms with van der Waals surface area (Å²) < 4.78 is 11.7. The lowest BCUT2D eigenvalue weighted by Gasteiger charge is -2.35. The molecule has 0 spiro atoms. The van der Waals surface area contributed by atoms with Gasteiger partial charge in [-0.1, -0.05) is 6.07 Å². The first-order chi connectivity index (χ1) is 14.5. The van der Waals surface area contributed by atoms with Crippen LogP contribution in [-0.4, -0.2) is 47.5 Å². The van der Waals surface area contributed by atoms with Crippen LogP contribution < -0.4 is 20.1 Å². The molecule has 7 heteroatoms. The van der Waals surface area contributed by atoms with Crippen LogP contribution in [0.1, 0.15) is 36.0 Å². The van der Waals surface area contributed by atoms with E-state index in [-0.39, 0.29) is 12.1 Å². The number of methoxy groups -OCH3 is 1. The Balaban J connectivity index is 1.31. The normalized spacial score (nSPS) is 27.6. The van der Waals surface area contributed by atoms with Crippen molar-refractivity contribution in [3.05, 3.63) is 34.9 Å². The molecule has 1 saturated heterocycles. The predicted molar refractivity (Wildman–Crippen MR) is 115 cm³/mol. The molecule has 1 aromatic carbocycles. The maximum Gasteiger partial charge on any atom is 0.225 e. The Kier molecular flexibility index (Phi) is 4.93. The maximum atomic E-state index is 10.9. The summed E-state index contributed by atoms with van der Waals surface area (Å²) in [5.41, 5.74) is 9.99. The van der Waals surface area contributed by atoms with Crippen molar-refractivity contribution >= 4 is 11.8 Å². The van der Waals surface area contributed by atoms with E-state index in [0.717, 1.165) is 50.3 Å². The summed E-state index contributed by atoms with van der Waals surface area (Å²) in [5, 5.41) is 10.9. The van der Waals surface area contributed by atoms with Crippen LogP contribution in [-0.2, 0) is 12.8 Å². The Bertz CT molecular complexity index is 950. The van der Waals surface area contributed by atoms with Gasteiger partial charge in [-0.2, -0.15) is 9.97 Å². The summed E-state index contributed by atoms with van der Waals surface area (Å²) >= 11 is 0. The van der Waals surface area contributed by atoms with Gasteiger partial charge in [-0.15, -0.1) is 0 Å². The fraction of sp³-hybridized carbons (Fsp3) is 0.565. The molecule has 1 saturated carbocycles. The van der Waals surface area contributed by atoms with E-state index in [2.05, 4.69) is 33.9 Å². The van der Waals surface area contributed by atoms with Crippen LogP contribution >= 0.6 is 0 Å². The summed E-state index contributed by atoms with van der Waals surface area (Å²) in [5.74, 6) is 3.33. The molecule has 1 aliphatic heterocycles. The number of benzene rings is 1. The number of aliphatic hydroxyl groups is 1. The maximum absolute atomic E-state index is 10.9. The second kappa shape index (κ2) is 7.61. The summed E-state index contributed by atoms with van der Waals surface area (Å²) in [6, 6.07) is 6.07. The van der Waals surface area contributed by atoms with E-state index in [1.54, 1.807) is 7.11 Å². The highest BCUT2D eigenvalue weighted by molar-refractivity contribution is 5.48. The first-order valence-electron chi connectivity index (χ1n) is 10.9. The van der Waals surface area contributed by atoms with Crippen LogP contribution in [0.25, 0.3) is 0 Å². The Morgan fingerprint density at radius 1 is 1.10 bits per heavy atom. The molecule has 4 atom stereocenters. The van der Waals surface area contributed by atoms with Crippen molar-refractivity contribution < 1.29 is 14.6 Å². The summed E-state index contributed by atoms with van der Waals surface area (Å²) in [7, 11) is 1.58. The molecule has 0 amide bonds. The van der Waals surface area contributed by atoms with E-state index in [4.69, 9.17) is 15.2 Å². The molecule has 5 rings (SSSR count). The average Bonchev–Trinajstić information content (AvgIpc) is 3.37. The number of anilines is 2. The molecule has 1 aromatic heterocycles. The van der Waals surface area contributed by atoms with Crippen LogP contribution in [0.5, 0.6) is 11.6 Å². The molecular weight excluding hydrogens is 380 g/mol. The van der Waals surface area contributed by atoms with E-state index in [9.17, 15) is 5.11 Å². The van der Waals surface area contributed by atoms with Gasteiger partial charge in [0.2, 0.25) is 11.8 Å². The minimum atomic E-state index is -0.449. The Labute approximate surface area is 177 Å². The molecule has 3 N–H and O–H groups in total. The largest absolute Gasteiger partial charge is 0.487 e. The molecule has 0 unspecified atom stereocenters. The van der Waals surface area contributed by atoms with E-state index in [0.29, 0.717) is 17.7 Å². The van der Waals surface area contributed by atoms with Crippen molar-refractivity contribution in [2.45, 2.75) is 51.2 Å². The van der Waals surface area contributed by atoms with Gasteiger partial charge in [-0.3, -0.25) is 0 Å². The first kappa shape index (κ1) is 19.4. The van der Waals surface area contributed by atoms with Crippen LogP contribution in [0, 0.1) is 18.8 Å². The monoisotopic (exact) mass is 410 g/mol. The second-order valence-corrected chi connectivity index (χ2v) is 8.94. The molecule has 2 aliphatic carbocycles. The van der Waals surface area contributed by atoms with E-state index in [1.807, 2.05) is 6.07 Å². The van der Waals surface area contributed by atoms with Crippen LogP contribution in [0.2, 0.25) is 0 Å². The Morgan fingerprint density at radius 2 is 1.87 bits per heavy atom. The number of hydrogen-bond acceptors (Lipinski definition) is 7. The first-order valence-corrected chi connectivity index (χ1v) is 10.9. The predicted octanol–water partition coefficient (Wildman–Crippen LogP) is 2.52. The average molecular weight is 411 g/mol. The van der Waals surface area contributed by atoms with Crippen molar-refractivity contribution in [3.63, 3.8) is 0 Å². The number of nitrogens with zero attached hydrogens (tertiary/aromatic N) is 3. The van der Waals surface area contributed by atoms with E-state index < -0.39 is 6.10 Å². The van der Waals surface area contributed by atoms with Gasteiger partial charge in [-0.05, 0) is 73.6 Å². The number of fused-ring (bicyclic) bond motifs is 2. The number of hydrogen-bond donors (Lipinski definition) is 2. The van der Waals surface area contributed by atoms with Gasteiger partial charge in [0.15, 0.2) is 0 Å². The quantitative estimate of drug-likeness (QED) is 0.800. The lowest BCUT2D eigenvalue weighted by Crippen LogP contribution is -2.42. The molecule has 2 heterocycles. The number of rotatable bonds is 4. The van der Waals surface area contributed by atoms with Gasteiger partial charge in [0.1, 0.15) is 17.7 Å². The Hall–Kier alpha value is -2.54. The van der Waals surface area contributed by atoms with Gasteiger partial charge >= 0.3 is 0 Å². The van der Waals surface area contributed by atoms with Gasteiger partial charge in [-0.25, -0.2) is 0 Å². The van der Waals surface area contributed by atoms with Gasteiger partial charge in [0.05, 0.1) is 13.2 Å². The van der Waals surface area contributed by atoms with Crippen LogP contribution in [0.15, 0.2) is 18.2 Å². The third kappa shape index (κ3) is 3.45. The van der Waals surface area contributed by atoms with Gasteiger partial charge < -0.3 is 25.2 Å². The molecule has 7 nitrogen and oxygen atoms in total. The Morgan fingerprint density at radius 3 is 2.67 bits per heavy atom. The molecular formula is C23H30N4O3. The standard InChI is InChI=1S/C23H30N4O3/c1-13-6-7-19(17-5-3-4-16(13)17)30-20-9-15-12-27(11-14(15)8-18(20)28)21-10-22(29-2)26-23(24)25-21/h6-7,10,14-15,18,20,28H,3-5,8-9,11-12H2,1-2H3,(H2,24,25,26)/t14-,15+,18+,20+/m0/s1. The smallest absolute Gasteiger partial charge is 0.225 e. The van der Waals surface area contributed by atoms with Crippen LogP contribution in [0.4, 0.5) is 11.8 Å². The van der Waals surface area contributed by atoms with Crippen molar-refractivity contribution in [2.24, 2.45) is 11.8 Å². The zero-order chi connectivity index (χ0) is 20.8. The van der Waals surface area contributed by atoms with Crippen molar-refractivity contribution in [1.29, 1.82) is 0 Å². The minimum absolute atomic E-state index is 0.163. The van der Waals surface area contributed by atoms with Crippen molar-refractivity contribution in [3.8, 4) is 11.6 Å². The molecule has 160 valence electrons. The molecule has 2 aromatic rings. The summed E-state index contributed by atoms with van der Waals surface area (Å²) in [6.07, 6.45) is 4.39. The van der Waals surface area contributed by atoms with Crippen molar-refractivity contribution in [1.82, 2.24) is 9.97 Å². The van der Waals surface area contributed by atoms with E-state index in [1.165, 1.54) is 23.1 Å². The fourth-order valence-electron chi connectivity index (χ4n) is 5.53. The van der Waals surface area contributed by atoms with Crippen LogP contribution in [0.3, 0.4) is 0 Å². The lowest BCUT2D eigenvalue weighted by molar-refractivity contribution is -0.0235. The second-order valence-electron chi connectivity index (χ2n) is 8.94. The highest BCUT2D eigenvalue weighted by Crippen LogP contribution is 2.41. The molecule has 2 fully saturated rings. The SMILES string of the molecule is COc1cc(N2C[C@H]3C[C@@H](Oc4ccc(C)c5c4CCC5)[C@H](O)C[C@H]3C2)nc(N)n1. The number of nitrogens with two attached hydrogens (primary N) is 1. The molecule has 30 heavy (non-hydrogen) atoms. The number of aliphatic hydroxyl groups excluding tert-OH is 1. The zero-order valence-corrected chi connectivity index (χ0v) is 17.7. The summed E-state index contributed by atoms with van der Waals surface area (Å²) in [4.78, 5) is 10.7.